The van der Waals surface area contributed by atoms with Crippen molar-refractivity contribution in [3.63, 3.8) is 0 Å². The average Bonchev–Trinajstić information content (AvgIpc) is 1.09. The molecule has 0 radical (unpaired) electrons. The number of pyridine rings is 1. The van der Waals surface area contributed by atoms with Crippen LogP contribution in [0.4, 0.5) is 17.1 Å². The molecule has 20 rings (SSSR count). The number of benzene rings is 14. The van der Waals surface area contributed by atoms with Gasteiger partial charge in [0.15, 0.2) is 0 Å². The fourth-order valence-corrected chi connectivity index (χ4v) is 15.3. The Kier molecular flexibility index (Phi) is 14.1. The van der Waals surface area contributed by atoms with Crippen LogP contribution in [0.25, 0.3) is 117 Å². The summed E-state index contributed by atoms with van der Waals surface area (Å²) in [6.07, 6.45) is 5.79. The molecule has 0 bridgehead atoms. The van der Waals surface area contributed by atoms with Crippen molar-refractivity contribution in [2.45, 2.75) is 0 Å². The van der Waals surface area contributed by atoms with Gasteiger partial charge in [-0.3, -0.25) is 4.57 Å². The standard InChI is InChI=1S/C90H54BN5O3.Pt/c1-6-24-58(25-7-1)62-48-63(59-26-8-2-9-27-59)51-66(50-62)73-38-20-39-74(67-52-64(60-28-10-3-11-29-60)49-65(53-67)61-30-12-4-13-31-61)88(73)94-57-93(76-41-16-17-42-77(76)94)69-34-18-36-71(54-69)97-72-37-19-35-70(55-72)96-80-56-83-87-89(84(80)75-40-23-47-92-90(75)96)99-82-46-22-44-79-86(82)91(87)85-78(43-21-45-81(85)98-83)95(79)68-32-14-5-15-33-68;/h1-53,56H;/q-2;. The van der Waals surface area contributed by atoms with Gasteiger partial charge in [-0.1, -0.05) is 200 Å². The smallest absolute Gasteiger partial charge is 0.268 e. The minimum absolute atomic E-state index is 0. The summed E-state index contributed by atoms with van der Waals surface area (Å²) in [6, 6.07) is 121. The average molecular weight is 1460 g/mol. The fourth-order valence-electron chi connectivity index (χ4n) is 15.3. The summed E-state index contributed by atoms with van der Waals surface area (Å²) >= 11 is 0. The first-order valence-electron chi connectivity index (χ1n) is 33.4. The summed E-state index contributed by atoms with van der Waals surface area (Å²) in [5.41, 5.74) is 25.7. The number of hydrogen-bond donors (Lipinski definition) is 0. The van der Waals surface area contributed by atoms with E-state index in [2.05, 4.69) is 322 Å². The molecule has 0 fully saturated rings. The number of imidazole rings is 1. The molecule has 3 aromatic heterocycles. The van der Waals surface area contributed by atoms with Crippen molar-refractivity contribution in [3.05, 3.63) is 346 Å². The molecule has 3 aliphatic heterocycles. The minimum atomic E-state index is -0.126. The summed E-state index contributed by atoms with van der Waals surface area (Å²) in [5.74, 6) is 4.15. The number of fused-ring (bicyclic) bond motifs is 5. The molecule has 0 N–H and O–H groups in total. The van der Waals surface area contributed by atoms with Gasteiger partial charge < -0.3 is 28.2 Å². The number of aromatic nitrogens is 4. The SMILES string of the molecule is [Pt].[c-]1c(Oc2[c-]c(-n3c4cc5c6c(c4c4cccnc43)Oc3cccc4c3B6c3c(cccc3N4c3ccccc3)O5)ccc2)cccc1-n1[c-][n+](-c2c(-c3cc(-c4ccccc4)cc(-c4ccccc4)c3)cccc2-c2cc(-c3ccccc3)cc(-c3ccccc3)c2)c2ccccc21. The zero-order valence-corrected chi connectivity index (χ0v) is 55.8. The maximum Gasteiger partial charge on any atom is 0.268 e. The van der Waals surface area contributed by atoms with Crippen molar-refractivity contribution < 1.29 is 39.8 Å². The molecule has 6 heterocycles. The Morgan fingerprint density at radius 3 is 1.46 bits per heavy atom. The third-order valence-corrected chi connectivity index (χ3v) is 19.6. The Bertz CT molecular complexity index is 5820. The van der Waals surface area contributed by atoms with Crippen LogP contribution in [0.5, 0.6) is 34.5 Å². The summed E-state index contributed by atoms with van der Waals surface area (Å²) in [6.45, 7) is -0.126. The van der Waals surface area contributed by atoms with Crippen molar-refractivity contribution in [2.75, 3.05) is 4.90 Å². The van der Waals surface area contributed by atoms with Gasteiger partial charge in [-0.25, -0.2) is 4.98 Å². The topological polar surface area (TPSA) is 57.6 Å². The third kappa shape index (κ3) is 9.64. The van der Waals surface area contributed by atoms with E-state index in [9.17, 15) is 0 Å². The quantitative estimate of drug-likeness (QED) is 0.0693. The second-order valence-electron chi connectivity index (χ2n) is 25.3. The van der Waals surface area contributed by atoms with Crippen LogP contribution in [0, 0.1) is 18.5 Å². The number of hydrogen-bond acceptors (Lipinski definition) is 5. The van der Waals surface area contributed by atoms with Crippen LogP contribution in [0.2, 0.25) is 0 Å². The maximum atomic E-state index is 7.24. The van der Waals surface area contributed by atoms with Crippen LogP contribution in [0.15, 0.2) is 328 Å². The van der Waals surface area contributed by atoms with Crippen LogP contribution >= 0.6 is 0 Å². The summed E-state index contributed by atoms with van der Waals surface area (Å²) in [7, 11) is 0. The molecule has 10 heteroatoms. The van der Waals surface area contributed by atoms with E-state index in [1.165, 1.54) is 0 Å². The third-order valence-electron chi connectivity index (χ3n) is 19.6. The molecule has 472 valence electrons. The van der Waals surface area contributed by atoms with Crippen molar-refractivity contribution >= 4 is 73.1 Å². The number of rotatable bonds is 12. The van der Waals surface area contributed by atoms with Crippen LogP contribution in [0.1, 0.15) is 0 Å². The molecule has 8 nitrogen and oxygen atoms in total. The molecule has 17 aromatic rings. The molecule has 0 saturated carbocycles. The van der Waals surface area contributed by atoms with Gasteiger partial charge in [0.1, 0.15) is 28.6 Å². The first-order valence-corrected chi connectivity index (χ1v) is 33.4. The number of para-hydroxylation sites is 4. The van der Waals surface area contributed by atoms with Gasteiger partial charge in [-0.05, 0) is 168 Å². The van der Waals surface area contributed by atoms with E-state index in [1.54, 1.807) is 0 Å². The molecule has 3 aliphatic rings. The number of anilines is 3. The van der Waals surface area contributed by atoms with E-state index in [0.717, 1.165) is 173 Å². The second kappa shape index (κ2) is 23.9. The minimum Gasteiger partial charge on any atom is -0.510 e. The van der Waals surface area contributed by atoms with Crippen molar-refractivity contribution in [1.82, 2.24) is 14.1 Å². The van der Waals surface area contributed by atoms with Gasteiger partial charge in [0.2, 0.25) is 0 Å². The predicted molar refractivity (Wildman–Crippen MR) is 399 cm³/mol. The molecular formula is C90H54BN5O3Pt-2. The summed E-state index contributed by atoms with van der Waals surface area (Å²) in [4.78, 5) is 7.42. The zero-order valence-electron chi connectivity index (χ0n) is 53.5. The molecule has 100 heavy (non-hydrogen) atoms. The molecule has 14 aromatic carbocycles. The van der Waals surface area contributed by atoms with E-state index in [0.29, 0.717) is 11.5 Å². The monoisotopic (exact) mass is 1460 g/mol. The number of nitrogens with zero attached hydrogens (tertiary/aromatic N) is 5. The Labute approximate surface area is 592 Å². The molecule has 0 amide bonds. The van der Waals surface area contributed by atoms with Crippen molar-refractivity contribution in [3.8, 4) is 118 Å². The molecule has 0 unspecified atom stereocenters. The van der Waals surface area contributed by atoms with Crippen LogP contribution in [0.3, 0.4) is 0 Å². The largest absolute Gasteiger partial charge is 0.510 e. The molecule has 0 spiro atoms. The van der Waals surface area contributed by atoms with E-state index in [1.807, 2.05) is 42.6 Å². The van der Waals surface area contributed by atoms with E-state index < -0.39 is 0 Å². The van der Waals surface area contributed by atoms with Gasteiger partial charge in [0.05, 0.1) is 27.6 Å². The van der Waals surface area contributed by atoms with Crippen molar-refractivity contribution in [1.29, 1.82) is 0 Å². The van der Waals surface area contributed by atoms with Crippen molar-refractivity contribution in [2.24, 2.45) is 0 Å². The van der Waals surface area contributed by atoms with Crippen LogP contribution in [-0.4, -0.2) is 20.8 Å². The van der Waals surface area contributed by atoms with Gasteiger partial charge >= 0.3 is 0 Å². The molecule has 0 atom stereocenters. The normalized spacial score (nSPS) is 12.2. The van der Waals surface area contributed by atoms with E-state index >= 15 is 0 Å². The maximum absolute atomic E-state index is 7.24. The van der Waals surface area contributed by atoms with Gasteiger partial charge in [0.25, 0.3) is 13.0 Å². The molecule has 0 aliphatic carbocycles. The van der Waals surface area contributed by atoms with Gasteiger partial charge in [0, 0.05) is 72.7 Å². The molecular weight excluding hydrogens is 1400 g/mol. The van der Waals surface area contributed by atoms with Crippen LogP contribution < -0.4 is 40.1 Å². The molecule has 0 saturated heterocycles. The Hall–Kier alpha value is -12.5. The van der Waals surface area contributed by atoms with Gasteiger partial charge in [-0.15, -0.1) is 30.3 Å². The second-order valence-corrected chi connectivity index (χ2v) is 25.3. The first-order chi connectivity index (χ1) is 49.1. The zero-order chi connectivity index (χ0) is 65.1. The Morgan fingerprint density at radius 2 is 0.880 bits per heavy atom. The summed E-state index contributed by atoms with van der Waals surface area (Å²) < 4.78 is 27.7. The fraction of sp³-hybridized carbons (Fsp3) is 0. The number of ether oxygens (including phenoxy) is 3. The Balaban J connectivity index is 0.00000696. The van der Waals surface area contributed by atoms with Gasteiger partial charge in [-0.2, -0.15) is 18.2 Å². The van der Waals surface area contributed by atoms with E-state index in [-0.39, 0.29) is 27.8 Å². The van der Waals surface area contributed by atoms with Crippen LogP contribution in [-0.2, 0) is 21.1 Å². The summed E-state index contributed by atoms with van der Waals surface area (Å²) in [5, 5.41) is 1.89. The first kappa shape index (κ1) is 58.8. The predicted octanol–water partition coefficient (Wildman–Crippen LogP) is 20.1. The Morgan fingerprint density at radius 1 is 0.390 bits per heavy atom. The van der Waals surface area contributed by atoms with E-state index in [4.69, 9.17) is 19.2 Å².